The van der Waals surface area contributed by atoms with Crippen LogP contribution in [0.15, 0.2) is 12.1 Å². The predicted octanol–water partition coefficient (Wildman–Crippen LogP) is 3.43. The summed E-state index contributed by atoms with van der Waals surface area (Å²) < 4.78 is 6.91. The lowest BCUT2D eigenvalue weighted by molar-refractivity contribution is 0.0359. The highest BCUT2D eigenvalue weighted by Crippen LogP contribution is 2.22. The van der Waals surface area contributed by atoms with Crippen LogP contribution in [0.5, 0.6) is 0 Å². The van der Waals surface area contributed by atoms with Crippen LogP contribution in [-0.4, -0.2) is 27.4 Å². The van der Waals surface area contributed by atoms with Crippen molar-refractivity contribution < 1.29 is 14.3 Å². The largest absolute Gasteiger partial charge is 0.457 e. The summed E-state index contributed by atoms with van der Waals surface area (Å²) in [5.74, 6) is -0.0881. The Kier molecular flexibility index (Phi) is 4.64. The highest BCUT2D eigenvalue weighted by Gasteiger charge is 2.20. The van der Waals surface area contributed by atoms with Crippen molar-refractivity contribution in [3.63, 3.8) is 0 Å². The summed E-state index contributed by atoms with van der Waals surface area (Å²) in [4.78, 5) is 28.6. The summed E-state index contributed by atoms with van der Waals surface area (Å²) in [6, 6.07) is 3.67. The minimum atomic E-state index is -0.451. The maximum absolute atomic E-state index is 12.2. The summed E-state index contributed by atoms with van der Waals surface area (Å²) in [7, 11) is 1.78. The number of ether oxygens (including phenoxy) is 1. The van der Waals surface area contributed by atoms with Crippen LogP contribution in [0.3, 0.4) is 0 Å². The first-order valence-corrected chi connectivity index (χ1v) is 7.56. The van der Waals surface area contributed by atoms with Gasteiger partial charge < -0.3 is 9.30 Å². The number of Topliss-reactive ketones (excluding diaryl/α,β-unsaturated/α-hetero) is 1. The molecule has 0 aliphatic heterocycles. The minimum Gasteiger partial charge on any atom is -0.457 e. The first-order chi connectivity index (χ1) is 10.3. The highest BCUT2D eigenvalue weighted by atomic mass is 16.5. The van der Waals surface area contributed by atoms with Crippen molar-refractivity contribution in [2.45, 2.75) is 46.6 Å². The molecule has 5 heteroatoms. The number of esters is 1. The molecule has 0 bridgehead atoms. The number of aromatic nitrogens is 2. The van der Waals surface area contributed by atoms with Crippen LogP contribution in [0.4, 0.5) is 0 Å². The number of hydrogen-bond donors (Lipinski definition) is 0. The average molecular weight is 302 g/mol. The van der Waals surface area contributed by atoms with E-state index in [9.17, 15) is 9.59 Å². The predicted molar refractivity (Wildman–Crippen MR) is 85.2 cm³/mol. The van der Waals surface area contributed by atoms with Gasteiger partial charge in [-0.2, -0.15) is 0 Å². The van der Waals surface area contributed by atoms with Crippen LogP contribution in [-0.2, 0) is 11.8 Å². The smallest absolute Gasteiger partial charge is 0.374 e. The van der Waals surface area contributed by atoms with Gasteiger partial charge in [-0.15, -0.1) is 0 Å². The van der Waals surface area contributed by atoms with Gasteiger partial charge in [-0.1, -0.05) is 6.92 Å². The molecule has 22 heavy (non-hydrogen) atoms. The fourth-order valence-corrected chi connectivity index (χ4v) is 2.45. The molecule has 118 valence electrons. The van der Waals surface area contributed by atoms with Crippen LogP contribution < -0.4 is 0 Å². The second-order valence-electron chi connectivity index (χ2n) is 5.78. The molecule has 0 aliphatic carbocycles. The lowest BCUT2D eigenvalue weighted by atomic mass is 10.0. The number of ketones is 1. The maximum atomic E-state index is 12.2. The summed E-state index contributed by atoms with van der Waals surface area (Å²) in [6.45, 7) is 7.48. The Hall–Kier alpha value is -2.17. The molecule has 0 fully saturated rings. The first kappa shape index (κ1) is 16.2. The normalized spacial score (nSPS) is 11.2. The third kappa shape index (κ3) is 3.03. The Bertz CT molecular complexity index is 729. The van der Waals surface area contributed by atoms with E-state index in [2.05, 4.69) is 4.98 Å². The third-order valence-corrected chi connectivity index (χ3v) is 3.53. The Morgan fingerprint density at radius 3 is 2.59 bits per heavy atom. The van der Waals surface area contributed by atoms with Gasteiger partial charge >= 0.3 is 5.97 Å². The van der Waals surface area contributed by atoms with Gasteiger partial charge in [0.15, 0.2) is 5.78 Å². The fourth-order valence-electron chi connectivity index (χ4n) is 2.45. The number of carbonyl (C=O) groups excluding carboxylic acids is 2. The zero-order valence-electron chi connectivity index (χ0n) is 13.8. The lowest BCUT2D eigenvalue weighted by Gasteiger charge is -2.07. The SMILES string of the molecule is CCCC(=O)c1cc2nc(C(=O)OC(C)C)n(C)c2cc1C. The van der Waals surface area contributed by atoms with E-state index in [1.807, 2.05) is 19.9 Å². The molecule has 0 aliphatic rings. The summed E-state index contributed by atoms with van der Waals surface area (Å²) >= 11 is 0. The third-order valence-electron chi connectivity index (χ3n) is 3.53. The number of nitrogens with zero attached hydrogens (tertiary/aromatic N) is 2. The Labute approximate surface area is 130 Å². The van der Waals surface area contributed by atoms with Crippen LogP contribution >= 0.6 is 0 Å². The molecule has 0 N–H and O–H groups in total. The molecule has 2 rings (SSSR count). The lowest BCUT2D eigenvalue weighted by Crippen LogP contribution is -2.15. The van der Waals surface area contributed by atoms with Gasteiger partial charge in [0.05, 0.1) is 17.1 Å². The maximum Gasteiger partial charge on any atom is 0.374 e. The molecule has 0 atom stereocenters. The zero-order chi connectivity index (χ0) is 16.4. The van der Waals surface area contributed by atoms with Crippen molar-refractivity contribution in [2.24, 2.45) is 7.05 Å². The van der Waals surface area contributed by atoms with Crippen molar-refractivity contribution in [1.29, 1.82) is 0 Å². The summed E-state index contributed by atoms with van der Waals surface area (Å²) in [6.07, 6.45) is 1.13. The van der Waals surface area contributed by atoms with Gasteiger partial charge in [-0.05, 0) is 44.9 Å². The van der Waals surface area contributed by atoms with Crippen LogP contribution in [0.1, 0.15) is 60.2 Å². The van der Waals surface area contributed by atoms with E-state index < -0.39 is 5.97 Å². The molecule has 0 saturated heterocycles. The van der Waals surface area contributed by atoms with Crippen molar-refractivity contribution in [1.82, 2.24) is 9.55 Å². The highest BCUT2D eigenvalue weighted by molar-refractivity contribution is 6.01. The van der Waals surface area contributed by atoms with Gasteiger partial charge in [-0.25, -0.2) is 9.78 Å². The van der Waals surface area contributed by atoms with E-state index in [-0.39, 0.29) is 17.7 Å². The average Bonchev–Trinajstić information content (AvgIpc) is 2.74. The van der Waals surface area contributed by atoms with E-state index in [1.54, 1.807) is 31.5 Å². The van der Waals surface area contributed by atoms with Crippen LogP contribution in [0, 0.1) is 6.92 Å². The summed E-state index contributed by atoms with van der Waals surface area (Å²) in [5, 5.41) is 0. The quantitative estimate of drug-likeness (QED) is 0.627. The van der Waals surface area contributed by atoms with E-state index in [1.165, 1.54) is 0 Å². The molecule has 0 saturated carbocycles. The monoisotopic (exact) mass is 302 g/mol. The molecule has 0 spiro atoms. The minimum absolute atomic E-state index is 0.110. The van der Waals surface area contributed by atoms with Crippen molar-refractivity contribution in [3.05, 3.63) is 29.1 Å². The van der Waals surface area contributed by atoms with Gasteiger partial charge in [0.2, 0.25) is 5.82 Å². The Morgan fingerprint density at radius 2 is 2.00 bits per heavy atom. The van der Waals surface area contributed by atoms with E-state index >= 15 is 0 Å². The van der Waals surface area contributed by atoms with Crippen molar-refractivity contribution in [3.8, 4) is 0 Å². The van der Waals surface area contributed by atoms with Crippen molar-refractivity contribution in [2.75, 3.05) is 0 Å². The molecule has 0 unspecified atom stereocenters. The van der Waals surface area contributed by atoms with Crippen LogP contribution in [0.2, 0.25) is 0 Å². The first-order valence-electron chi connectivity index (χ1n) is 7.56. The molecule has 1 heterocycles. The Balaban J connectivity index is 2.50. The molecule has 0 amide bonds. The number of imidazole rings is 1. The molecular weight excluding hydrogens is 280 g/mol. The molecule has 0 radical (unpaired) electrons. The van der Waals surface area contributed by atoms with E-state index in [4.69, 9.17) is 4.74 Å². The Morgan fingerprint density at radius 1 is 1.32 bits per heavy atom. The molecule has 1 aromatic heterocycles. The molecule has 2 aromatic rings. The number of hydrogen-bond acceptors (Lipinski definition) is 4. The van der Waals surface area contributed by atoms with E-state index in [0.29, 0.717) is 17.5 Å². The molecular formula is C17H22N2O3. The fraction of sp³-hybridized carbons (Fsp3) is 0.471. The number of rotatable bonds is 5. The molecule has 5 nitrogen and oxygen atoms in total. The van der Waals surface area contributed by atoms with Gasteiger partial charge in [0.25, 0.3) is 0 Å². The second kappa shape index (κ2) is 6.30. The van der Waals surface area contributed by atoms with Gasteiger partial charge in [0, 0.05) is 19.0 Å². The zero-order valence-corrected chi connectivity index (χ0v) is 13.8. The standard InChI is InChI=1S/C17H22N2O3/c1-6-7-15(20)12-9-13-14(8-11(12)4)19(5)16(18-13)17(21)22-10(2)3/h8-10H,6-7H2,1-5H3. The number of benzene rings is 1. The van der Waals surface area contributed by atoms with Crippen LogP contribution in [0.25, 0.3) is 11.0 Å². The number of carbonyl (C=O) groups is 2. The topological polar surface area (TPSA) is 61.2 Å². The van der Waals surface area contributed by atoms with Crippen molar-refractivity contribution >= 4 is 22.8 Å². The number of fused-ring (bicyclic) bond motifs is 1. The second-order valence-corrected chi connectivity index (χ2v) is 5.78. The number of aryl methyl sites for hydroxylation is 2. The van der Waals surface area contributed by atoms with Gasteiger partial charge in [-0.3, -0.25) is 4.79 Å². The van der Waals surface area contributed by atoms with E-state index in [0.717, 1.165) is 17.5 Å². The molecule has 1 aromatic carbocycles. The van der Waals surface area contributed by atoms with Gasteiger partial charge in [0.1, 0.15) is 0 Å². The summed E-state index contributed by atoms with van der Waals surface area (Å²) in [5.41, 5.74) is 3.04.